The summed E-state index contributed by atoms with van der Waals surface area (Å²) >= 11 is 0. The number of nitro benzene ring substituents is 1. The molecule has 0 unspecified atom stereocenters. The van der Waals surface area contributed by atoms with Crippen molar-refractivity contribution in [2.75, 3.05) is 10.6 Å². The third kappa shape index (κ3) is 5.36. The second-order valence-corrected chi connectivity index (χ2v) is 6.70. The van der Waals surface area contributed by atoms with Gasteiger partial charge in [0.05, 0.1) is 9.82 Å². The van der Waals surface area contributed by atoms with Crippen molar-refractivity contribution in [1.29, 1.82) is 5.26 Å². The normalized spacial score (nSPS) is 11.3. The molecule has 0 radical (unpaired) electrons. The van der Waals surface area contributed by atoms with Crippen LogP contribution in [0.3, 0.4) is 0 Å². The van der Waals surface area contributed by atoms with Crippen molar-refractivity contribution < 1.29 is 18.1 Å². The van der Waals surface area contributed by atoms with Crippen LogP contribution in [0.1, 0.15) is 0 Å². The Bertz CT molecular complexity index is 1040. The second-order valence-electron chi connectivity index (χ2n) is 5.14. The van der Waals surface area contributed by atoms with Crippen LogP contribution in [0.25, 0.3) is 0 Å². The molecule has 0 saturated heterocycles. The number of nitrogens with one attached hydrogen (secondary N) is 2. The Balaban J connectivity index is 2.07. The number of nitrogens with two attached hydrogens (primary N) is 1. The van der Waals surface area contributed by atoms with Crippen molar-refractivity contribution in [3.63, 3.8) is 0 Å². The molecule has 2 aromatic carbocycles. The van der Waals surface area contributed by atoms with E-state index in [4.69, 9.17) is 10.4 Å². The van der Waals surface area contributed by atoms with E-state index in [0.29, 0.717) is 5.69 Å². The summed E-state index contributed by atoms with van der Waals surface area (Å²) in [7, 11) is -3.85. The van der Waals surface area contributed by atoms with Crippen LogP contribution in [0.2, 0.25) is 0 Å². The number of benzene rings is 2. The van der Waals surface area contributed by atoms with Gasteiger partial charge in [-0.2, -0.15) is 5.26 Å². The maximum absolute atomic E-state index is 12.1. The van der Waals surface area contributed by atoms with Gasteiger partial charge in [0.2, 0.25) is 10.0 Å². The molecule has 2 rings (SSSR count). The Morgan fingerprint density at radius 2 is 1.67 bits per heavy atom. The van der Waals surface area contributed by atoms with Gasteiger partial charge in [-0.05, 0) is 36.4 Å². The summed E-state index contributed by atoms with van der Waals surface area (Å²) in [5, 5.41) is 29.8. The number of rotatable bonds is 6. The third-order valence-corrected chi connectivity index (χ3v) is 4.20. The van der Waals surface area contributed by atoms with E-state index in [1.165, 1.54) is 48.5 Å². The highest BCUT2D eigenvalue weighted by Gasteiger charge is 2.11. The quantitative estimate of drug-likeness (QED) is 0.293. The highest BCUT2D eigenvalue weighted by molar-refractivity contribution is 7.89. The monoisotopic (exact) mass is 387 g/mol. The van der Waals surface area contributed by atoms with Crippen LogP contribution in [-0.4, -0.2) is 19.2 Å². The third-order valence-electron chi connectivity index (χ3n) is 3.27. The minimum atomic E-state index is -3.85. The zero-order valence-corrected chi connectivity index (χ0v) is 14.4. The van der Waals surface area contributed by atoms with E-state index < -0.39 is 20.9 Å². The standard InChI is InChI=1S/C16H13N5O5S/c17-9-11(10-19-12-1-5-14(6-2-12)21(23)24)16(22)20-13-3-7-15(8-4-13)27(18,25)26/h1-8,10,19H,(H,20,22)(H2,18,25,26)/b11-10-. The van der Waals surface area contributed by atoms with Crippen molar-refractivity contribution in [3.8, 4) is 6.07 Å². The van der Waals surface area contributed by atoms with Crippen LogP contribution < -0.4 is 15.8 Å². The number of carbonyl (C=O) groups excluding carboxylic acids is 1. The zero-order valence-electron chi connectivity index (χ0n) is 13.6. The molecule has 2 aromatic rings. The van der Waals surface area contributed by atoms with Crippen molar-refractivity contribution in [3.05, 3.63) is 70.4 Å². The van der Waals surface area contributed by atoms with Crippen LogP contribution in [-0.2, 0) is 14.8 Å². The Hall–Kier alpha value is -3.75. The minimum absolute atomic E-state index is 0.0919. The number of nitro groups is 1. The minimum Gasteiger partial charge on any atom is -0.360 e. The summed E-state index contributed by atoms with van der Waals surface area (Å²) in [6, 6.07) is 12.2. The molecular formula is C16H13N5O5S. The molecule has 0 aliphatic heterocycles. The number of sulfonamides is 1. The predicted octanol–water partition coefficient (Wildman–Crippen LogP) is 1.70. The largest absolute Gasteiger partial charge is 0.360 e. The average molecular weight is 387 g/mol. The van der Waals surface area contributed by atoms with Gasteiger partial charge in [-0.3, -0.25) is 14.9 Å². The Labute approximate surface area is 154 Å². The van der Waals surface area contributed by atoms with Gasteiger partial charge in [0.15, 0.2) is 0 Å². The van der Waals surface area contributed by atoms with Gasteiger partial charge in [0.1, 0.15) is 11.6 Å². The molecule has 0 aliphatic rings. The number of hydrogen-bond acceptors (Lipinski definition) is 7. The van der Waals surface area contributed by atoms with E-state index in [1.807, 2.05) is 0 Å². The molecule has 0 fully saturated rings. The zero-order chi connectivity index (χ0) is 20.0. The van der Waals surface area contributed by atoms with Crippen molar-refractivity contribution in [2.24, 2.45) is 5.14 Å². The Morgan fingerprint density at radius 3 is 2.15 bits per heavy atom. The summed E-state index contributed by atoms with van der Waals surface area (Å²) < 4.78 is 22.4. The van der Waals surface area contributed by atoms with Crippen LogP contribution in [0.5, 0.6) is 0 Å². The fourth-order valence-electron chi connectivity index (χ4n) is 1.91. The average Bonchev–Trinajstić information content (AvgIpc) is 2.62. The summed E-state index contributed by atoms with van der Waals surface area (Å²) in [4.78, 5) is 22.1. The van der Waals surface area contributed by atoms with Gasteiger partial charge in [-0.1, -0.05) is 0 Å². The fourth-order valence-corrected chi connectivity index (χ4v) is 2.43. The number of nitrogens with zero attached hydrogens (tertiary/aromatic N) is 2. The van der Waals surface area contributed by atoms with Crippen LogP contribution >= 0.6 is 0 Å². The smallest absolute Gasteiger partial charge is 0.269 e. The number of non-ortho nitro benzene ring substituents is 1. The number of amides is 1. The fraction of sp³-hybridized carbons (Fsp3) is 0. The van der Waals surface area contributed by atoms with E-state index in [9.17, 15) is 23.3 Å². The molecule has 138 valence electrons. The van der Waals surface area contributed by atoms with Crippen molar-refractivity contribution in [1.82, 2.24) is 0 Å². The van der Waals surface area contributed by atoms with Crippen molar-refractivity contribution >= 4 is 33.0 Å². The summed E-state index contributed by atoms with van der Waals surface area (Å²) in [5.41, 5.74) is 0.358. The first-order chi connectivity index (χ1) is 12.7. The molecule has 0 aromatic heterocycles. The maximum atomic E-state index is 12.1. The molecular weight excluding hydrogens is 374 g/mol. The number of primary sulfonamides is 1. The molecule has 11 heteroatoms. The number of nitriles is 1. The summed E-state index contributed by atoms with van der Waals surface area (Å²) in [6.45, 7) is 0. The Morgan fingerprint density at radius 1 is 1.11 bits per heavy atom. The lowest BCUT2D eigenvalue weighted by molar-refractivity contribution is -0.384. The van der Waals surface area contributed by atoms with E-state index in [0.717, 1.165) is 6.20 Å². The molecule has 27 heavy (non-hydrogen) atoms. The van der Waals surface area contributed by atoms with Gasteiger partial charge in [0, 0.05) is 29.7 Å². The lowest BCUT2D eigenvalue weighted by Gasteiger charge is -2.06. The second kappa shape index (κ2) is 8.09. The number of anilines is 2. The summed E-state index contributed by atoms with van der Waals surface area (Å²) in [6.07, 6.45) is 1.15. The van der Waals surface area contributed by atoms with Crippen LogP contribution in [0, 0.1) is 21.4 Å². The molecule has 0 heterocycles. The van der Waals surface area contributed by atoms with E-state index in [1.54, 1.807) is 6.07 Å². The van der Waals surface area contributed by atoms with E-state index in [2.05, 4.69) is 10.6 Å². The molecule has 0 spiro atoms. The molecule has 0 atom stereocenters. The van der Waals surface area contributed by atoms with Gasteiger partial charge in [-0.15, -0.1) is 0 Å². The van der Waals surface area contributed by atoms with Crippen LogP contribution in [0.15, 0.2) is 65.2 Å². The predicted molar refractivity (Wildman–Crippen MR) is 96.9 cm³/mol. The maximum Gasteiger partial charge on any atom is 0.269 e. The highest BCUT2D eigenvalue weighted by atomic mass is 32.2. The Kier molecular flexibility index (Phi) is 5.86. The lowest BCUT2D eigenvalue weighted by atomic mass is 10.2. The SMILES string of the molecule is N#C/C(=C/Nc1ccc([N+](=O)[O-])cc1)C(=O)Nc1ccc(S(N)(=O)=O)cc1. The van der Waals surface area contributed by atoms with E-state index >= 15 is 0 Å². The van der Waals surface area contributed by atoms with Gasteiger partial charge >= 0.3 is 0 Å². The molecule has 0 bridgehead atoms. The topological polar surface area (TPSA) is 168 Å². The molecule has 0 aliphatic carbocycles. The lowest BCUT2D eigenvalue weighted by Crippen LogP contribution is -2.15. The van der Waals surface area contributed by atoms with Gasteiger partial charge in [0.25, 0.3) is 11.6 Å². The van der Waals surface area contributed by atoms with Gasteiger partial charge in [-0.25, -0.2) is 13.6 Å². The first-order valence-electron chi connectivity index (χ1n) is 7.26. The molecule has 1 amide bonds. The number of hydrogen-bond donors (Lipinski definition) is 3. The van der Waals surface area contributed by atoms with Gasteiger partial charge < -0.3 is 10.6 Å². The summed E-state index contributed by atoms with van der Waals surface area (Å²) in [5.74, 6) is -0.727. The highest BCUT2D eigenvalue weighted by Crippen LogP contribution is 2.16. The molecule has 10 nitrogen and oxygen atoms in total. The first-order valence-corrected chi connectivity index (χ1v) is 8.81. The van der Waals surface area contributed by atoms with E-state index in [-0.39, 0.29) is 21.8 Å². The molecule has 4 N–H and O–H groups in total. The number of carbonyl (C=O) groups is 1. The van der Waals surface area contributed by atoms with Crippen LogP contribution in [0.4, 0.5) is 17.1 Å². The van der Waals surface area contributed by atoms with Crippen molar-refractivity contribution in [2.45, 2.75) is 4.90 Å². The molecule has 0 saturated carbocycles. The first kappa shape index (κ1) is 19.6.